The lowest BCUT2D eigenvalue weighted by Gasteiger charge is -2.15. The molecule has 11 heteroatoms. The molecule has 7 nitrogen and oxygen atoms in total. The molecule has 0 unspecified atom stereocenters. The van der Waals surface area contributed by atoms with Crippen LogP contribution < -0.4 is 21.5 Å². The minimum absolute atomic E-state index is 0.00836. The van der Waals surface area contributed by atoms with Crippen LogP contribution in [0.4, 0.5) is 34.6 Å². The number of benzene rings is 2. The maximum absolute atomic E-state index is 14.4. The summed E-state index contributed by atoms with van der Waals surface area (Å²) in [5.41, 5.74) is -0.506. The normalized spacial score (nSPS) is 11.6. The summed E-state index contributed by atoms with van der Waals surface area (Å²) in [7, 11) is 0. The maximum Gasteiger partial charge on any atom is 0.471 e. The van der Waals surface area contributed by atoms with Gasteiger partial charge >= 0.3 is 12.1 Å². The lowest BCUT2D eigenvalue weighted by atomic mass is 10.1. The van der Waals surface area contributed by atoms with E-state index in [2.05, 4.69) is 25.3 Å². The van der Waals surface area contributed by atoms with Crippen molar-refractivity contribution in [3.05, 3.63) is 86.2 Å². The predicted octanol–water partition coefficient (Wildman–Crippen LogP) is 3.85. The highest BCUT2D eigenvalue weighted by molar-refractivity contribution is 5.78. The van der Waals surface area contributed by atoms with Crippen molar-refractivity contribution in [2.45, 2.75) is 12.7 Å². The number of para-hydroxylation sites is 1. The molecular formula is C20H12F4N4O3. The Morgan fingerprint density at radius 3 is 2.32 bits per heavy atom. The van der Waals surface area contributed by atoms with Crippen LogP contribution >= 0.6 is 0 Å². The molecule has 0 saturated carbocycles. The minimum Gasteiger partial charge on any atom is -0.376 e. The van der Waals surface area contributed by atoms with Gasteiger partial charge in [0, 0.05) is 12.2 Å². The average molecular weight is 432 g/mol. The lowest BCUT2D eigenvalue weighted by Crippen LogP contribution is -2.36. The Hall–Kier alpha value is -4.02. The monoisotopic (exact) mass is 432 g/mol. The third kappa shape index (κ3) is 4.02. The van der Waals surface area contributed by atoms with E-state index in [1.807, 2.05) is 0 Å². The fourth-order valence-corrected chi connectivity index (χ4v) is 2.83. The van der Waals surface area contributed by atoms with Crippen LogP contribution in [0.3, 0.4) is 0 Å². The second-order valence-corrected chi connectivity index (χ2v) is 6.49. The molecule has 4 aromatic rings. The van der Waals surface area contributed by atoms with E-state index in [1.165, 1.54) is 12.1 Å². The summed E-state index contributed by atoms with van der Waals surface area (Å²) in [6.45, 7) is -0.00836. The molecule has 0 aliphatic heterocycles. The van der Waals surface area contributed by atoms with Crippen molar-refractivity contribution in [1.82, 2.24) is 10.1 Å². The first-order valence-corrected chi connectivity index (χ1v) is 8.83. The largest absolute Gasteiger partial charge is 0.471 e. The van der Waals surface area contributed by atoms with Gasteiger partial charge in [0.15, 0.2) is 0 Å². The first-order chi connectivity index (χ1) is 14.7. The Balaban J connectivity index is 1.49. The number of aromatic nitrogens is 2. The van der Waals surface area contributed by atoms with Crippen LogP contribution in [-0.4, -0.2) is 10.1 Å². The molecule has 0 aliphatic rings. The standard InChI is InChI=1S/C20H12F4N4O3/c21-13-8-10(6-7-12(13)18-27-19(31-28-18)20(22,23)24)9-25-14-15(17(30)16(14)29)26-11-4-2-1-3-5-11/h1-8,25-26H,9H2. The first-order valence-electron chi connectivity index (χ1n) is 8.83. The van der Waals surface area contributed by atoms with E-state index in [0.717, 1.165) is 6.07 Å². The summed E-state index contributed by atoms with van der Waals surface area (Å²) in [5, 5.41) is 8.78. The fourth-order valence-electron chi connectivity index (χ4n) is 2.83. The van der Waals surface area contributed by atoms with Crippen LogP contribution in [0.2, 0.25) is 0 Å². The Bertz CT molecular complexity index is 1310. The van der Waals surface area contributed by atoms with Gasteiger partial charge in [-0.05, 0) is 29.8 Å². The van der Waals surface area contributed by atoms with E-state index in [-0.39, 0.29) is 23.5 Å². The summed E-state index contributed by atoms with van der Waals surface area (Å²) in [5.74, 6) is -2.99. The third-order valence-corrected chi connectivity index (χ3v) is 4.37. The number of halogens is 4. The van der Waals surface area contributed by atoms with Gasteiger partial charge in [-0.2, -0.15) is 18.2 Å². The molecule has 0 spiro atoms. The maximum atomic E-state index is 14.4. The predicted molar refractivity (Wildman–Crippen MR) is 103 cm³/mol. The van der Waals surface area contributed by atoms with Crippen LogP contribution in [0, 0.1) is 5.82 Å². The van der Waals surface area contributed by atoms with Crippen molar-refractivity contribution in [1.29, 1.82) is 0 Å². The topological polar surface area (TPSA) is 97.1 Å². The molecule has 0 radical (unpaired) electrons. The minimum atomic E-state index is -4.84. The van der Waals surface area contributed by atoms with Crippen LogP contribution in [-0.2, 0) is 12.7 Å². The SMILES string of the molecule is O=c1c(NCc2ccc(-c3noc(C(F)(F)F)n3)c(F)c2)c(Nc2ccccc2)c1=O. The van der Waals surface area contributed by atoms with Gasteiger partial charge in [-0.15, -0.1) is 0 Å². The zero-order valence-corrected chi connectivity index (χ0v) is 15.5. The second kappa shape index (κ2) is 7.67. The number of rotatable bonds is 6. The van der Waals surface area contributed by atoms with Gasteiger partial charge in [0.25, 0.3) is 10.9 Å². The Labute approximate surface area is 171 Å². The van der Waals surface area contributed by atoms with Crippen molar-refractivity contribution in [3.8, 4) is 11.4 Å². The van der Waals surface area contributed by atoms with E-state index in [0.29, 0.717) is 11.3 Å². The fraction of sp³-hybridized carbons (Fsp3) is 0.100. The number of hydrogen-bond donors (Lipinski definition) is 2. The molecule has 0 saturated heterocycles. The molecule has 1 aromatic heterocycles. The molecule has 0 bridgehead atoms. The van der Waals surface area contributed by atoms with Gasteiger partial charge in [-0.1, -0.05) is 29.4 Å². The number of alkyl halides is 3. The molecule has 4 rings (SSSR count). The van der Waals surface area contributed by atoms with Gasteiger partial charge in [0.1, 0.15) is 17.2 Å². The van der Waals surface area contributed by atoms with E-state index in [1.54, 1.807) is 30.3 Å². The van der Waals surface area contributed by atoms with Crippen molar-refractivity contribution in [3.63, 3.8) is 0 Å². The van der Waals surface area contributed by atoms with Crippen LogP contribution in [0.5, 0.6) is 0 Å². The lowest BCUT2D eigenvalue weighted by molar-refractivity contribution is -0.159. The smallest absolute Gasteiger partial charge is 0.376 e. The van der Waals surface area contributed by atoms with Crippen molar-refractivity contribution < 1.29 is 22.1 Å². The van der Waals surface area contributed by atoms with Gasteiger partial charge in [-0.3, -0.25) is 9.59 Å². The van der Waals surface area contributed by atoms with Gasteiger partial charge in [0.2, 0.25) is 5.82 Å². The molecule has 0 fully saturated rings. The molecule has 2 N–H and O–H groups in total. The van der Waals surface area contributed by atoms with Crippen molar-refractivity contribution in [2.24, 2.45) is 0 Å². The van der Waals surface area contributed by atoms with E-state index >= 15 is 0 Å². The average Bonchev–Trinajstić information content (AvgIpc) is 3.24. The summed E-state index contributed by atoms with van der Waals surface area (Å²) in [6, 6.07) is 12.4. The molecule has 1 heterocycles. The summed E-state index contributed by atoms with van der Waals surface area (Å²) in [4.78, 5) is 26.9. The zero-order chi connectivity index (χ0) is 22.2. The molecule has 0 aliphatic carbocycles. The number of nitrogens with one attached hydrogen (secondary N) is 2. The number of anilines is 3. The van der Waals surface area contributed by atoms with Crippen LogP contribution in [0.1, 0.15) is 11.5 Å². The van der Waals surface area contributed by atoms with Crippen molar-refractivity contribution in [2.75, 3.05) is 10.6 Å². The van der Waals surface area contributed by atoms with Crippen molar-refractivity contribution >= 4 is 17.1 Å². The highest BCUT2D eigenvalue weighted by atomic mass is 19.4. The number of nitrogens with zero attached hydrogens (tertiary/aromatic N) is 2. The highest BCUT2D eigenvalue weighted by Gasteiger charge is 2.38. The number of hydrogen-bond acceptors (Lipinski definition) is 7. The van der Waals surface area contributed by atoms with E-state index in [4.69, 9.17) is 0 Å². The first kappa shape index (κ1) is 20.3. The van der Waals surface area contributed by atoms with Gasteiger partial charge < -0.3 is 15.2 Å². The molecule has 3 aromatic carbocycles. The quantitative estimate of drug-likeness (QED) is 0.353. The van der Waals surface area contributed by atoms with E-state index < -0.39 is 34.6 Å². The summed E-state index contributed by atoms with van der Waals surface area (Å²) >= 11 is 0. The Morgan fingerprint density at radius 1 is 0.968 bits per heavy atom. The Kier molecular flexibility index (Phi) is 5.01. The van der Waals surface area contributed by atoms with Gasteiger partial charge in [0.05, 0.1) is 5.56 Å². The second-order valence-electron chi connectivity index (χ2n) is 6.49. The van der Waals surface area contributed by atoms with E-state index in [9.17, 15) is 27.2 Å². The summed E-state index contributed by atoms with van der Waals surface area (Å²) < 4.78 is 56.2. The Morgan fingerprint density at radius 2 is 1.68 bits per heavy atom. The molecule has 0 amide bonds. The van der Waals surface area contributed by atoms with Crippen LogP contribution in [0.15, 0.2) is 62.6 Å². The van der Waals surface area contributed by atoms with Crippen LogP contribution in [0.25, 0.3) is 11.4 Å². The molecule has 0 atom stereocenters. The third-order valence-electron chi connectivity index (χ3n) is 4.37. The summed E-state index contributed by atoms with van der Waals surface area (Å²) in [6.07, 6.45) is -4.84. The molecule has 158 valence electrons. The van der Waals surface area contributed by atoms with Gasteiger partial charge in [-0.25, -0.2) is 4.39 Å². The molecule has 31 heavy (non-hydrogen) atoms. The highest BCUT2D eigenvalue weighted by Crippen LogP contribution is 2.30. The zero-order valence-electron chi connectivity index (χ0n) is 15.5. The molecular weight excluding hydrogens is 420 g/mol.